The Morgan fingerprint density at radius 1 is 1.36 bits per heavy atom. The van der Waals surface area contributed by atoms with Crippen LogP contribution in [0.3, 0.4) is 0 Å². The average molecular weight is 192 g/mol. The van der Waals surface area contributed by atoms with Crippen LogP contribution >= 0.6 is 0 Å². The van der Waals surface area contributed by atoms with E-state index in [-0.39, 0.29) is 6.10 Å². The summed E-state index contributed by atoms with van der Waals surface area (Å²) in [5, 5.41) is 9.40. The van der Waals surface area contributed by atoms with E-state index in [2.05, 4.69) is 17.0 Å². The summed E-state index contributed by atoms with van der Waals surface area (Å²) in [6.45, 7) is 2.29. The molecule has 0 aliphatic carbocycles. The minimum absolute atomic E-state index is 0.163. The van der Waals surface area contributed by atoms with Gasteiger partial charge in [0.25, 0.3) is 0 Å². The van der Waals surface area contributed by atoms with Crippen molar-refractivity contribution in [3.63, 3.8) is 0 Å². The molecule has 1 atom stereocenters. The van der Waals surface area contributed by atoms with E-state index < -0.39 is 0 Å². The monoisotopic (exact) mass is 192 g/mol. The summed E-state index contributed by atoms with van der Waals surface area (Å²) < 4.78 is 0. The van der Waals surface area contributed by atoms with E-state index in [9.17, 15) is 5.11 Å². The Hall–Kier alpha value is -1.06. The van der Waals surface area contributed by atoms with Crippen LogP contribution in [0.25, 0.3) is 0 Å². The smallest absolute Gasteiger partial charge is 0.0731 e. The highest BCUT2D eigenvalue weighted by Crippen LogP contribution is 2.20. The summed E-state index contributed by atoms with van der Waals surface area (Å²) in [5.41, 5.74) is 7.85. The van der Waals surface area contributed by atoms with E-state index in [1.165, 1.54) is 5.69 Å². The van der Waals surface area contributed by atoms with Gasteiger partial charge in [-0.15, -0.1) is 0 Å². The maximum Gasteiger partial charge on any atom is 0.0731 e. The average Bonchev–Trinajstić information content (AvgIpc) is 2.65. The number of benzene rings is 1. The molecule has 1 aliphatic heterocycles. The molecule has 1 fully saturated rings. The zero-order valence-corrected chi connectivity index (χ0v) is 8.19. The van der Waals surface area contributed by atoms with Gasteiger partial charge in [0.15, 0.2) is 0 Å². The lowest BCUT2D eigenvalue weighted by molar-refractivity contribution is 0.198. The molecule has 1 saturated heterocycles. The first-order valence-corrected chi connectivity index (χ1v) is 5.01. The lowest BCUT2D eigenvalue weighted by Gasteiger charge is -2.17. The fraction of sp³-hybridized carbons (Fsp3) is 0.455. The molecule has 76 valence electrons. The molecule has 0 aromatic heterocycles. The molecule has 3 nitrogen and oxygen atoms in total. The minimum atomic E-state index is -0.163. The third-order valence-electron chi connectivity index (χ3n) is 2.70. The molecule has 1 aromatic rings. The number of anilines is 1. The molecule has 1 aromatic carbocycles. The second-order valence-corrected chi connectivity index (χ2v) is 3.76. The Balaban J connectivity index is 2.09. The number of hydrogen-bond donors (Lipinski definition) is 2. The predicted molar refractivity (Wildman–Crippen MR) is 57.2 cm³/mol. The summed E-state index contributed by atoms with van der Waals surface area (Å²) in [6, 6.07) is 8.22. The van der Waals surface area contributed by atoms with Crippen LogP contribution in [0.4, 0.5) is 5.69 Å². The zero-order chi connectivity index (χ0) is 9.97. The van der Waals surface area contributed by atoms with Crippen LogP contribution in [0.1, 0.15) is 12.0 Å². The fourth-order valence-electron chi connectivity index (χ4n) is 1.82. The van der Waals surface area contributed by atoms with E-state index in [0.717, 1.165) is 25.1 Å². The van der Waals surface area contributed by atoms with Gasteiger partial charge in [0.05, 0.1) is 6.10 Å². The number of β-amino-alcohol motifs (C(OH)–C–C–N with tert-alkyl or cyclic N) is 1. The number of rotatable bonds is 2. The molecule has 0 saturated carbocycles. The Labute approximate surface area is 84.1 Å². The number of aliphatic hydroxyl groups excluding tert-OH is 1. The van der Waals surface area contributed by atoms with Crippen LogP contribution in [-0.4, -0.2) is 24.3 Å². The molecule has 0 amide bonds. The van der Waals surface area contributed by atoms with Crippen molar-refractivity contribution < 1.29 is 5.11 Å². The molecule has 1 aliphatic rings. The van der Waals surface area contributed by atoms with Gasteiger partial charge in [-0.2, -0.15) is 0 Å². The number of hydrogen-bond acceptors (Lipinski definition) is 3. The largest absolute Gasteiger partial charge is 0.391 e. The molecule has 3 heteroatoms. The molecular weight excluding hydrogens is 176 g/mol. The van der Waals surface area contributed by atoms with Gasteiger partial charge in [-0.05, 0) is 24.1 Å². The Bertz CT molecular complexity index is 297. The highest BCUT2D eigenvalue weighted by molar-refractivity contribution is 5.48. The van der Waals surface area contributed by atoms with Crippen molar-refractivity contribution in [1.82, 2.24) is 0 Å². The maximum absolute atomic E-state index is 9.40. The molecule has 0 unspecified atom stereocenters. The third-order valence-corrected chi connectivity index (χ3v) is 2.70. The van der Waals surface area contributed by atoms with E-state index in [1.807, 2.05) is 12.1 Å². The molecule has 1 heterocycles. The molecule has 3 N–H and O–H groups in total. The van der Waals surface area contributed by atoms with Gasteiger partial charge < -0.3 is 15.7 Å². The Morgan fingerprint density at radius 3 is 2.57 bits per heavy atom. The highest BCUT2D eigenvalue weighted by atomic mass is 16.3. The zero-order valence-electron chi connectivity index (χ0n) is 8.19. The number of aliphatic hydroxyl groups is 1. The van der Waals surface area contributed by atoms with Crippen LogP contribution in [0, 0.1) is 0 Å². The van der Waals surface area contributed by atoms with Crippen LogP contribution in [0.2, 0.25) is 0 Å². The van der Waals surface area contributed by atoms with E-state index in [0.29, 0.717) is 6.54 Å². The molecule has 2 rings (SSSR count). The van der Waals surface area contributed by atoms with Crippen LogP contribution in [-0.2, 0) is 6.54 Å². The van der Waals surface area contributed by atoms with E-state index >= 15 is 0 Å². The van der Waals surface area contributed by atoms with Crippen molar-refractivity contribution in [1.29, 1.82) is 0 Å². The summed E-state index contributed by atoms with van der Waals surface area (Å²) >= 11 is 0. The Morgan fingerprint density at radius 2 is 2.07 bits per heavy atom. The second kappa shape index (κ2) is 3.98. The van der Waals surface area contributed by atoms with Crippen LogP contribution in [0.15, 0.2) is 24.3 Å². The summed E-state index contributed by atoms with van der Waals surface area (Å²) in [4.78, 5) is 2.20. The second-order valence-electron chi connectivity index (χ2n) is 3.76. The van der Waals surface area contributed by atoms with Gasteiger partial charge in [-0.3, -0.25) is 0 Å². The van der Waals surface area contributed by atoms with Crippen molar-refractivity contribution in [2.75, 3.05) is 18.0 Å². The fourth-order valence-corrected chi connectivity index (χ4v) is 1.82. The van der Waals surface area contributed by atoms with Crippen molar-refractivity contribution in [3.05, 3.63) is 29.8 Å². The lowest BCUT2D eigenvalue weighted by atomic mass is 10.2. The molecular formula is C11H16N2O. The van der Waals surface area contributed by atoms with Gasteiger partial charge in [0.2, 0.25) is 0 Å². The topological polar surface area (TPSA) is 49.5 Å². The normalized spacial score (nSPS) is 21.6. The molecule has 0 radical (unpaired) electrons. The van der Waals surface area contributed by atoms with Crippen LogP contribution < -0.4 is 10.6 Å². The first-order chi connectivity index (χ1) is 6.79. The highest BCUT2D eigenvalue weighted by Gasteiger charge is 2.19. The van der Waals surface area contributed by atoms with Crippen molar-refractivity contribution in [2.24, 2.45) is 5.73 Å². The van der Waals surface area contributed by atoms with Gasteiger partial charge in [-0.25, -0.2) is 0 Å². The first kappa shape index (κ1) is 9.49. The maximum atomic E-state index is 9.40. The summed E-state index contributed by atoms with van der Waals surface area (Å²) in [5.74, 6) is 0. The van der Waals surface area contributed by atoms with E-state index in [4.69, 9.17) is 5.73 Å². The SMILES string of the molecule is NCc1ccc(N2CC[C@H](O)C2)cc1. The molecule has 0 spiro atoms. The van der Waals surface area contributed by atoms with Gasteiger partial charge in [0.1, 0.15) is 0 Å². The summed E-state index contributed by atoms with van der Waals surface area (Å²) in [6.07, 6.45) is 0.711. The number of nitrogens with two attached hydrogens (primary N) is 1. The van der Waals surface area contributed by atoms with Gasteiger partial charge in [-0.1, -0.05) is 12.1 Å². The third kappa shape index (κ3) is 1.89. The standard InChI is InChI=1S/C11H16N2O/c12-7-9-1-3-10(4-2-9)13-6-5-11(14)8-13/h1-4,11,14H,5-8,12H2/t11-/m0/s1. The quantitative estimate of drug-likeness (QED) is 0.725. The number of nitrogens with zero attached hydrogens (tertiary/aromatic N) is 1. The predicted octanol–water partition coefficient (Wildman–Crippen LogP) is 0.716. The van der Waals surface area contributed by atoms with Crippen molar-refractivity contribution in [2.45, 2.75) is 19.1 Å². The first-order valence-electron chi connectivity index (χ1n) is 5.01. The van der Waals surface area contributed by atoms with Crippen molar-refractivity contribution >= 4 is 5.69 Å². The molecule has 14 heavy (non-hydrogen) atoms. The minimum Gasteiger partial charge on any atom is -0.391 e. The van der Waals surface area contributed by atoms with Gasteiger partial charge >= 0.3 is 0 Å². The van der Waals surface area contributed by atoms with Crippen molar-refractivity contribution in [3.8, 4) is 0 Å². The lowest BCUT2D eigenvalue weighted by Crippen LogP contribution is -2.20. The van der Waals surface area contributed by atoms with Crippen LogP contribution in [0.5, 0.6) is 0 Å². The Kier molecular flexibility index (Phi) is 2.70. The van der Waals surface area contributed by atoms with E-state index in [1.54, 1.807) is 0 Å². The summed E-state index contributed by atoms with van der Waals surface area (Å²) in [7, 11) is 0. The van der Waals surface area contributed by atoms with Gasteiger partial charge in [0, 0.05) is 25.3 Å². The molecule has 0 bridgehead atoms.